The zero-order chi connectivity index (χ0) is 17.3. The first-order valence-corrected chi connectivity index (χ1v) is 8.72. The number of esters is 1. The van der Waals surface area contributed by atoms with Crippen LogP contribution >= 0.6 is 11.8 Å². The molecule has 0 N–H and O–H groups in total. The molecule has 3 rings (SSSR count). The number of carbonyl (C=O) groups excluding carboxylic acids is 1. The van der Waals surface area contributed by atoms with E-state index in [-0.39, 0.29) is 11.7 Å². The average molecular weight is 352 g/mol. The zero-order valence-electron chi connectivity index (χ0n) is 13.4. The molecular weight excluding hydrogens is 336 g/mol. The van der Waals surface area contributed by atoms with Crippen molar-refractivity contribution >= 4 is 17.7 Å². The number of carbonyl (C=O) groups is 1. The zero-order valence-corrected chi connectivity index (χ0v) is 14.2. The molecule has 0 spiro atoms. The van der Waals surface area contributed by atoms with Crippen molar-refractivity contribution in [1.82, 2.24) is 19.9 Å². The summed E-state index contributed by atoms with van der Waals surface area (Å²) < 4.78 is 5.21. The van der Waals surface area contributed by atoms with E-state index in [9.17, 15) is 4.79 Å². The second-order valence-corrected chi connectivity index (χ2v) is 5.96. The highest BCUT2D eigenvalue weighted by atomic mass is 32.2. The first kappa shape index (κ1) is 17.0. The quantitative estimate of drug-likeness (QED) is 0.367. The van der Waals surface area contributed by atoms with Gasteiger partial charge in [0.25, 0.3) is 0 Å². The maximum Gasteiger partial charge on any atom is 0.316 e. The topological polar surface area (TPSA) is 77.9 Å². The Morgan fingerprint density at radius 3 is 2.52 bits per heavy atom. The molecule has 0 saturated carbocycles. The molecule has 0 unspecified atom stereocenters. The first-order valence-electron chi connectivity index (χ1n) is 7.74. The molecular formula is C18H16N4O2S. The lowest BCUT2D eigenvalue weighted by Crippen LogP contribution is -2.10. The van der Waals surface area contributed by atoms with Gasteiger partial charge in [0.15, 0.2) is 5.16 Å². The molecule has 126 valence electrons. The van der Waals surface area contributed by atoms with Crippen LogP contribution in [-0.2, 0) is 16.0 Å². The summed E-state index contributed by atoms with van der Waals surface area (Å²) in [7, 11) is 0. The van der Waals surface area contributed by atoms with Crippen LogP contribution in [0.3, 0.4) is 0 Å². The fourth-order valence-corrected chi connectivity index (χ4v) is 2.68. The second kappa shape index (κ2) is 8.89. The number of rotatable bonds is 7. The first-order chi connectivity index (χ1) is 12.3. The van der Waals surface area contributed by atoms with Crippen molar-refractivity contribution in [3.63, 3.8) is 0 Å². The Hall–Kier alpha value is -2.80. The van der Waals surface area contributed by atoms with Crippen molar-refractivity contribution < 1.29 is 9.53 Å². The van der Waals surface area contributed by atoms with Gasteiger partial charge >= 0.3 is 5.97 Å². The van der Waals surface area contributed by atoms with E-state index >= 15 is 0 Å². The third-order valence-electron chi connectivity index (χ3n) is 3.23. The molecule has 0 radical (unpaired) electrons. The average Bonchev–Trinajstić information content (AvgIpc) is 2.68. The standard InChI is InChI=1S/C18H16N4O2S/c23-17(24-12-8-14-5-1-3-9-19-14)13-25-18-21-11-7-16(22-18)15-6-2-4-10-20-15/h1-7,9-11H,8,12-13H2. The van der Waals surface area contributed by atoms with Gasteiger partial charge in [0, 0.05) is 30.7 Å². The van der Waals surface area contributed by atoms with Gasteiger partial charge in [0.05, 0.1) is 23.7 Å². The van der Waals surface area contributed by atoms with E-state index in [0.717, 1.165) is 17.1 Å². The minimum absolute atomic E-state index is 0.161. The van der Waals surface area contributed by atoms with Gasteiger partial charge < -0.3 is 4.74 Å². The molecule has 25 heavy (non-hydrogen) atoms. The van der Waals surface area contributed by atoms with Crippen molar-refractivity contribution in [3.05, 3.63) is 66.7 Å². The lowest BCUT2D eigenvalue weighted by molar-refractivity contribution is -0.140. The van der Waals surface area contributed by atoms with E-state index in [1.54, 1.807) is 24.7 Å². The third-order valence-corrected chi connectivity index (χ3v) is 4.06. The fourth-order valence-electron chi connectivity index (χ4n) is 2.05. The number of nitrogens with zero attached hydrogens (tertiary/aromatic N) is 4. The third kappa shape index (κ3) is 5.36. The maximum absolute atomic E-state index is 11.8. The summed E-state index contributed by atoms with van der Waals surface area (Å²) in [6.45, 7) is 0.311. The lowest BCUT2D eigenvalue weighted by atomic mass is 10.3. The monoisotopic (exact) mass is 352 g/mol. The number of hydrogen-bond donors (Lipinski definition) is 0. The lowest BCUT2D eigenvalue weighted by Gasteiger charge is -2.05. The smallest absolute Gasteiger partial charge is 0.316 e. The van der Waals surface area contributed by atoms with Gasteiger partial charge in [0.1, 0.15) is 0 Å². The van der Waals surface area contributed by atoms with Gasteiger partial charge in [0.2, 0.25) is 0 Å². The van der Waals surface area contributed by atoms with Crippen LogP contribution in [0.4, 0.5) is 0 Å². The molecule has 3 aromatic heterocycles. The summed E-state index contributed by atoms with van der Waals surface area (Å²) >= 11 is 1.24. The van der Waals surface area contributed by atoms with E-state index in [1.165, 1.54) is 11.8 Å². The summed E-state index contributed by atoms with van der Waals surface area (Å²) in [5.41, 5.74) is 2.39. The molecule has 0 aromatic carbocycles. The van der Waals surface area contributed by atoms with Crippen molar-refractivity contribution in [1.29, 1.82) is 0 Å². The van der Waals surface area contributed by atoms with Gasteiger partial charge in [-0.05, 0) is 30.3 Å². The van der Waals surface area contributed by atoms with Gasteiger partial charge in [-0.25, -0.2) is 9.97 Å². The molecule has 3 heterocycles. The van der Waals surface area contributed by atoms with Crippen molar-refractivity contribution in [2.75, 3.05) is 12.4 Å². The van der Waals surface area contributed by atoms with E-state index in [4.69, 9.17) is 4.74 Å². The minimum Gasteiger partial charge on any atom is -0.465 e. The number of aromatic nitrogens is 4. The van der Waals surface area contributed by atoms with Gasteiger partial charge in [-0.1, -0.05) is 23.9 Å². The van der Waals surface area contributed by atoms with Crippen molar-refractivity contribution in [3.8, 4) is 11.4 Å². The number of hydrogen-bond acceptors (Lipinski definition) is 7. The SMILES string of the molecule is O=C(CSc1nccc(-c2ccccn2)n1)OCCc1ccccn1. The Bertz CT molecular complexity index is 816. The second-order valence-electron chi connectivity index (χ2n) is 5.02. The Morgan fingerprint density at radius 1 is 0.920 bits per heavy atom. The molecule has 0 saturated heterocycles. The van der Waals surface area contributed by atoms with Crippen LogP contribution in [-0.4, -0.2) is 38.3 Å². The molecule has 0 fully saturated rings. The van der Waals surface area contributed by atoms with Crippen LogP contribution in [0.15, 0.2) is 66.2 Å². The largest absolute Gasteiger partial charge is 0.465 e. The van der Waals surface area contributed by atoms with E-state index in [1.807, 2.05) is 36.4 Å². The Morgan fingerprint density at radius 2 is 1.76 bits per heavy atom. The Labute approximate surface area is 149 Å². The molecule has 0 aliphatic heterocycles. The fraction of sp³-hybridized carbons (Fsp3) is 0.167. The summed E-state index contributed by atoms with van der Waals surface area (Å²) in [4.78, 5) is 28.9. The van der Waals surface area contributed by atoms with Crippen LogP contribution < -0.4 is 0 Å². The minimum atomic E-state index is -0.298. The van der Waals surface area contributed by atoms with Crippen LogP contribution in [0.2, 0.25) is 0 Å². The Kier molecular flexibility index (Phi) is 6.06. The van der Waals surface area contributed by atoms with Crippen LogP contribution in [0.1, 0.15) is 5.69 Å². The van der Waals surface area contributed by atoms with E-state index in [0.29, 0.717) is 18.2 Å². The molecule has 7 heteroatoms. The molecule has 6 nitrogen and oxygen atoms in total. The van der Waals surface area contributed by atoms with E-state index < -0.39 is 0 Å². The highest BCUT2D eigenvalue weighted by Gasteiger charge is 2.08. The number of pyridine rings is 2. The molecule has 0 atom stereocenters. The summed E-state index contributed by atoms with van der Waals surface area (Å²) in [5, 5.41) is 0.518. The van der Waals surface area contributed by atoms with E-state index in [2.05, 4.69) is 19.9 Å². The van der Waals surface area contributed by atoms with Crippen molar-refractivity contribution in [2.45, 2.75) is 11.6 Å². The predicted molar refractivity (Wildman–Crippen MR) is 94.9 cm³/mol. The van der Waals surface area contributed by atoms with Crippen LogP contribution in [0, 0.1) is 0 Å². The van der Waals surface area contributed by atoms with Crippen LogP contribution in [0.5, 0.6) is 0 Å². The maximum atomic E-state index is 11.8. The molecule has 0 aliphatic carbocycles. The highest BCUT2D eigenvalue weighted by Crippen LogP contribution is 2.18. The summed E-state index contributed by atoms with van der Waals surface area (Å²) in [6, 6.07) is 13.1. The van der Waals surface area contributed by atoms with Gasteiger partial charge in [-0.15, -0.1) is 0 Å². The Balaban J connectivity index is 1.47. The van der Waals surface area contributed by atoms with Crippen molar-refractivity contribution in [2.24, 2.45) is 0 Å². The highest BCUT2D eigenvalue weighted by molar-refractivity contribution is 7.99. The molecule has 0 amide bonds. The molecule has 0 aliphatic rings. The van der Waals surface area contributed by atoms with Gasteiger partial charge in [-0.2, -0.15) is 0 Å². The number of ether oxygens (including phenoxy) is 1. The summed E-state index contributed by atoms with van der Waals surface area (Å²) in [6.07, 6.45) is 5.69. The molecule has 3 aromatic rings. The van der Waals surface area contributed by atoms with Gasteiger partial charge in [-0.3, -0.25) is 14.8 Å². The predicted octanol–water partition coefficient (Wildman–Crippen LogP) is 2.81. The number of thioether (sulfide) groups is 1. The van der Waals surface area contributed by atoms with Crippen LogP contribution in [0.25, 0.3) is 11.4 Å². The molecule has 0 bridgehead atoms. The summed E-state index contributed by atoms with van der Waals surface area (Å²) in [5.74, 6) is -0.138. The normalized spacial score (nSPS) is 10.4.